The number of carbonyl (C=O) groups is 2. The summed E-state index contributed by atoms with van der Waals surface area (Å²) in [5, 5.41) is 3.06. The van der Waals surface area contributed by atoms with Crippen LogP contribution in [0.4, 0.5) is 0 Å². The van der Waals surface area contributed by atoms with E-state index >= 15 is 0 Å². The van der Waals surface area contributed by atoms with E-state index in [0.717, 1.165) is 31.7 Å². The van der Waals surface area contributed by atoms with E-state index in [-0.39, 0.29) is 23.8 Å². The summed E-state index contributed by atoms with van der Waals surface area (Å²) in [5.74, 6) is 1.53. The number of carbonyl (C=O) groups excluding carboxylic acids is 2. The standard InChI is InChI=1S/C20H31N3O3/c1-15(2)20(25)23-11-9-22(10-12-23)18(16-6-3-4-7-16)19(24)21-14-17-8-5-13-26-17/h5,8,13,15-16,18H,3-4,6-7,9-12,14H2,1-2H3,(H,21,24). The van der Waals surface area contributed by atoms with Gasteiger partial charge in [0.1, 0.15) is 5.76 Å². The first-order valence-electron chi connectivity index (χ1n) is 9.89. The van der Waals surface area contributed by atoms with Crippen molar-refractivity contribution in [3.8, 4) is 0 Å². The summed E-state index contributed by atoms with van der Waals surface area (Å²) in [4.78, 5) is 29.4. The van der Waals surface area contributed by atoms with Gasteiger partial charge in [0.25, 0.3) is 0 Å². The van der Waals surface area contributed by atoms with E-state index in [1.807, 2.05) is 30.9 Å². The molecular formula is C20H31N3O3. The van der Waals surface area contributed by atoms with Gasteiger partial charge in [0.05, 0.1) is 18.8 Å². The van der Waals surface area contributed by atoms with E-state index in [0.29, 0.717) is 25.6 Å². The molecule has 0 radical (unpaired) electrons. The van der Waals surface area contributed by atoms with Crippen LogP contribution in [0, 0.1) is 11.8 Å². The highest BCUT2D eigenvalue weighted by atomic mass is 16.3. The molecule has 2 aliphatic rings. The van der Waals surface area contributed by atoms with Gasteiger partial charge < -0.3 is 14.6 Å². The zero-order chi connectivity index (χ0) is 18.5. The van der Waals surface area contributed by atoms with E-state index in [4.69, 9.17) is 4.42 Å². The fraction of sp³-hybridized carbons (Fsp3) is 0.700. The molecule has 1 N–H and O–H groups in total. The van der Waals surface area contributed by atoms with Gasteiger partial charge in [0.2, 0.25) is 11.8 Å². The monoisotopic (exact) mass is 361 g/mol. The quantitative estimate of drug-likeness (QED) is 0.844. The molecule has 0 spiro atoms. The first-order chi connectivity index (χ1) is 12.6. The Hall–Kier alpha value is -1.82. The first-order valence-corrected chi connectivity index (χ1v) is 9.89. The first kappa shape index (κ1) is 19.0. The minimum Gasteiger partial charge on any atom is -0.467 e. The molecule has 26 heavy (non-hydrogen) atoms. The third-order valence-corrected chi connectivity index (χ3v) is 5.65. The van der Waals surface area contributed by atoms with Gasteiger partial charge in [-0.15, -0.1) is 0 Å². The summed E-state index contributed by atoms with van der Waals surface area (Å²) in [6.45, 7) is 7.29. The molecule has 144 valence electrons. The Morgan fingerprint density at radius 2 is 1.88 bits per heavy atom. The Morgan fingerprint density at radius 3 is 2.46 bits per heavy atom. The van der Waals surface area contributed by atoms with Gasteiger partial charge in [0, 0.05) is 32.1 Å². The largest absolute Gasteiger partial charge is 0.467 e. The molecule has 1 aromatic rings. The van der Waals surface area contributed by atoms with Crippen molar-refractivity contribution in [3.63, 3.8) is 0 Å². The van der Waals surface area contributed by atoms with Crippen molar-refractivity contribution < 1.29 is 14.0 Å². The fourth-order valence-corrected chi connectivity index (χ4v) is 4.23. The molecule has 1 saturated carbocycles. The molecule has 1 unspecified atom stereocenters. The summed E-state index contributed by atoms with van der Waals surface area (Å²) in [6, 6.07) is 3.62. The highest BCUT2D eigenvalue weighted by Crippen LogP contribution is 2.31. The van der Waals surface area contributed by atoms with Crippen LogP contribution >= 0.6 is 0 Å². The van der Waals surface area contributed by atoms with E-state index in [9.17, 15) is 9.59 Å². The van der Waals surface area contributed by atoms with Crippen molar-refractivity contribution in [2.45, 2.75) is 52.1 Å². The lowest BCUT2D eigenvalue weighted by Gasteiger charge is -2.41. The lowest BCUT2D eigenvalue weighted by Crippen LogP contribution is -2.58. The molecule has 6 heteroatoms. The van der Waals surface area contributed by atoms with Gasteiger partial charge in [-0.2, -0.15) is 0 Å². The minimum atomic E-state index is -0.0937. The molecule has 2 fully saturated rings. The van der Waals surface area contributed by atoms with Crippen molar-refractivity contribution in [1.82, 2.24) is 15.1 Å². The maximum atomic E-state index is 13.0. The Kier molecular flexibility index (Phi) is 6.35. The maximum absolute atomic E-state index is 13.0. The van der Waals surface area contributed by atoms with Gasteiger partial charge >= 0.3 is 0 Å². The molecule has 1 saturated heterocycles. The number of hydrogen-bond acceptors (Lipinski definition) is 4. The summed E-state index contributed by atoms with van der Waals surface area (Å²) in [5.41, 5.74) is 0. The minimum absolute atomic E-state index is 0.0313. The molecule has 1 atom stereocenters. The van der Waals surface area contributed by atoms with Crippen molar-refractivity contribution in [2.24, 2.45) is 11.8 Å². The topological polar surface area (TPSA) is 65.8 Å². The number of amides is 2. The van der Waals surface area contributed by atoms with Gasteiger partial charge in [-0.1, -0.05) is 26.7 Å². The smallest absolute Gasteiger partial charge is 0.238 e. The van der Waals surface area contributed by atoms with Crippen LogP contribution in [0.25, 0.3) is 0 Å². The van der Waals surface area contributed by atoms with Gasteiger partial charge in [-0.3, -0.25) is 14.5 Å². The van der Waals surface area contributed by atoms with Crippen LogP contribution in [-0.4, -0.2) is 53.8 Å². The highest BCUT2D eigenvalue weighted by molar-refractivity contribution is 5.82. The summed E-state index contributed by atoms with van der Waals surface area (Å²) in [6.07, 6.45) is 6.27. The third-order valence-electron chi connectivity index (χ3n) is 5.65. The number of furan rings is 1. The lowest BCUT2D eigenvalue weighted by molar-refractivity contribution is -0.138. The van der Waals surface area contributed by atoms with Crippen LogP contribution in [0.5, 0.6) is 0 Å². The molecule has 0 bridgehead atoms. The van der Waals surface area contributed by atoms with Crippen LogP contribution in [0.1, 0.15) is 45.3 Å². The Balaban J connectivity index is 1.61. The van der Waals surface area contributed by atoms with Gasteiger partial charge in [-0.05, 0) is 30.9 Å². The molecule has 1 aromatic heterocycles. The second-order valence-electron chi connectivity index (χ2n) is 7.80. The second kappa shape index (κ2) is 8.71. The van der Waals surface area contributed by atoms with Crippen LogP contribution < -0.4 is 5.32 Å². The van der Waals surface area contributed by atoms with Gasteiger partial charge in [0.15, 0.2) is 0 Å². The summed E-state index contributed by atoms with van der Waals surface area (Å²) < 4.78 is 5.32. The molecule has 2 heterocycles. The van der Waals surface area contributed by atoms with E-state index < -0.39 is 0 Å². The van der Waals surface area contributed by atoms with Crippen molar-refractivity contribution >= 4 is 11.8 Å². The van der Waals surface area contributed by atoms with Crippen LogP contribution in [0.3, 0.4) is 0 Å². The molecule has 6 nitrogen and oxygen atoms in total. The average molecular weight is 361 g/mol. The average Bonchev–Trinajstić information content (AvgIpc) is 3.34. The predicted molar refractivity (Wildman–Crippen MR) is 99.3 cm³/mol. The number of hydrogen-bond donors (Lipinski definition) is 1. The SMILES string of the molecule is CC(C)C(=O)N1CCN(C(C(=O)NCc2ccco2)C2CCCC2)CC1. The fourth-order valence-electron chi connectivity index (χ4n) is 4.23. The van der Waals surface area contributed by atoms with Crippen LogP contribution in [0.2, 0.25) is 0 Å². The Bertz CT molecular complexity index is 585. The van der Waals surface area contributed by atoms with Crippen LogP contribution in [-0.2, 0) is 16.1 Å². The van der Waals surface area contributed by atoms with Crippen molar-refractivity contribution in [2.75, 3.05) is 26.2 Å². The molecule has 2 amide bonds. The molecule has 1 aliphatic heterocycles. The Labute approximate surface area is 155 Å². The van der Waals surface area contributed by atoms with Crippen molar-refractivity contribution in [1.29, 1.82) is 0 Å². The summed E-state index contributed by atoms with van der Waals surface area (Å²) in [7, 11) is 0. The van der Waals surface area contributed by atoms with Crippen LogP contribution in [0.15, 0.2) is 22.8 Å². The number of nitrogens with zero attached hydrogens (tertiary/aromatic N) is 2. The Morgan fingerprint density at radius 1 is 1.19 bits per heavy atom. The molecule has 3 rings (SSSR count). The summed E-state index contributed by atoms with van der Waals surface area (Å²) >= 11 is 0. The second-order valence-corrected chi connectivity index (χ2v) is 7.80. The van der Waals surface area contributed by atoms with E-state index in [1.54, 1.807) is 6.26 Å². The van der Waals surface area contributed by atoms with Crippen molar-refractivity contribution in [3.05, 3.63) is 24.2 Å². The molecular weight excluding hydrogens is 330 g/mol. The molecule has 1 aliphatic carbocycles. The van der Waals surface area contributed by atoms with E-state index in [1.165, 1.54) is 12.8 Å². The van der Waals surface area contributed by atoms with E-state index in [2.05, 4.69) is 10.2 Å². The number of nitrogens with one attached hydrogen (secondary N) is 1. The highest BCUT2D eigenvalue weighted by Gasteiger charge is 2.37. The lowest BCUT2D eigenvalue weighted by atomic mass is 9.95. The predicted octanol–water partition coefficient (Wildman–Crippen LogP) is 2.25. The third kappa shape index (κ3) is 4.47. The van der Waals surface area contributed by atoms with Gasteiger partial charge in [-0.25, -0.2) is 0 Å². The number of rotatable bonds is 6. The zero-order valence-corrected chi connectivity index (χ0v) is 15.9. The zero-order valence-electron chi connectivity index (χ0n) is 15.9. The normalized spacial score (nSPS) is 20.5. The molecule has 0 aromatic carbocycles. The maximum Gasteiger partial charge on any atom is 0.238 e. The number of piperazine rings is 1.